The molecular weight excluding hydrogens is 150 g/mol. The van der Waals surface area contributed by atoms with Gasteiger partial charge in [0.2, 0.25) is 9.76 Å². The van der Waals surface area contributed by atoms with Crippen molar-refractivity contribution in [3.8, 4) is 0 Å². The first-order chi connectivity index (χ1) is 4.43. The van der Waals surface area contributed by atoms with E-state index in [4.69, 9.17) is 4.43 Å². The third-order valence-corrected chi connectivity index (χ3v) is 3.98. The largest absolute Gasteiger partial charge is 0.417 e. The summed E-state index contributed by atoms with van der Waals surface area (Å²) >= 11 is 1.87. The van der Waals surface area contributed by atoms with E-state index in [0.29, 0.717) is 0 Å². The molecule has 0 aliphatic carbocycles. The molecule has 0 unspecified atom stereocenters. The van der Waals surface area contributed by atoms with Crippen LogP contribution in [0, 0.1) is 0 Å². The quantitative estimate of drug-likeness (QED) is 0.552. The molecule has 2 nitrogen and oxygen atoms in total. The summed E-state index contributed by atoms with van der Waals surface area (Å²) in [5.74, 6) is 1.18. The van der Waals surface area contributed by atoms with Crippen LogP contribution in [0.25, 0.3) is 0 Å². The minimum atomic E-state index is -0.399. The maximum Gasteiger partial charge on any atom is 0.219 e. The SMILES string of the molecule is CCO[SiH2]C1=NCCS1. The second-order valence-electron chi connectivity index (χ2n) is 1.76. The van der Waals surface area contributed by atoms with E-state index in [1.54, 1.807) is 0 Å². The second-order valence-corrected chi connectivity index (χ2v) is 4.81. The fourth-order valence-corrected chi connectivity index (χ4v) is 2.90. The van der Waals surface area contributed by atoms with Gasteiger partial charge in [0.15, 0.2) is 0 Å². The molecular formula is C5H11NOSSi. The fourth-order valence-electron chi connectivity index (χ4n) is 0.656. The first-order valence-electron chi connectivity index (χ1n) is 3.17. The Morgan fingerprint density at radius 2 is 2.78 bits per heavy atom. The minimum absolute atomic E-state index is 0.399. The highest BCUT2D eigenvalue weighted by atomic mass is 32.2. The zero-order chi connectivity index (χ0) is 6.53. The predicted molar refractivity (Wildman–Crippen MR) is 44.9 cm³/mol. The van der Waals surface area contributed by atoms with Gasteiger partial charge in [-0.3, -0.25) is 4.99 Å². The topological polar surface area (TPSA) is 21.6 Å². The van der Waals surface area contributed by atoms with Crippen molar-refractivity contribution in [3.05, 3.63) is 0 Å². The van der Waals surface area contributed by atoms with E-state index in [1.165, 1.54) is 10.4 Å². The Labute approximate surface area is 62.0 Å². The summed E-state index contributed by atoms with van der Waals surface area (Å²) in [5.41, 5.74) is 0. The molecule has 0 aromatic carbocycles. The van der Waals surface area contributed by atoms with Crippen LogP contribution in [0.1, 0.15) is 6.92 Å². The highest BCUT2D eigenvalue weighted by Gasteiger charge is 2.05. The van der Waals surface area contributed by atoms with Gasteiger partial charge in [0.05, 0.1) is 4.67 Å². The molecule has 0 spiro atoms. The van der Waals surface area contributed by atoms with Gasteiger partial charge in [-0.2, -0.15) is 0 Å². The molecule has 0 aromatic rings. The lowest BCUT2D eigenvalue weighted by Gasteiger charge is -1.96. The summed E-state index contributed by atoms with van der Waals surface area (Å²) in [4.78, 5) is 4.29. The molecule has 0 atom stereocenters. The molecule has 0 saturated carbocycles. The van der Waals surface area contributed by atoms with Gasteiger partial charge in [-0.05, 0) is 6.92 Å². The van der Waals surface area contributed by atoms with Crippen molar-refractivity contribution in [3.63, 3.8) is 0 Å². The molecule has 1 rings (SSSR count). The summed E-state index contributed by atoms with van der Waals surface area (Å²) in [6.45, 7) is 3.90. The van der Waals surface area contributed by atoms with Crippen molar-refractivity contribution in [1.29, 1.82) is 0 Å². The van der Waals surface area contributed by atoms with Gasteiger partial charge < -0.3 is 4.43 Å². The number of rotatable bonds is 3. The lowest BCUT2D eigenvalue weighted by atomic mass is 10.8. The van der Waals surface area contributed by atoms with Crippen LogP contribution in [0.2, 0.25) is 0 Å². The lowest BCUT2D eigenvalue weighted by Crippen LogP contribution is -2.07. The van der Waals surface area contributed by atoms with Crippen molar-refractivity contribution in [2.75, 3.05) is 18.9 Å². The molecule has 0 amide bonds. The van der Waals surface area contributed by atoms with E-state index in [2.05, 4.69) is 4.99 Å². The van der Waals surface area contributed by atoms with Crippen LogP contribution in [0.3, 0.4) is 0 Å². The Kier molecular flexibility index (Phi) is 3.31. The summed E-state index contributed by atoms with van der Waals surface area (Å²) in [6.07, 6.45) is 0. The zero-order valence-electron chi connectivity index (χ0n) is 5.59. The van der Waals surface area contributed by atoms with Crippen molar-refractivity contribution in [1.82, 2.24) is 0 Å². The predicted octanol–water partition coefficient (Wildman–Crippen LogP) is 0.210. The first-order valence-corrected chi connectivity index (χ1v) is 5.44. The first kappa shape index (κ1) is 7.31. The average Bonchev–Trinajstić information content (AvgIpc) is 2.34. The van der Waals surface area contributed by atoms with Crippen molar-refractivity contribution < 1.29 is 4.43 Å². The molecule has 0 N–H and O–H groups in total. The standard InChI is InChI=1S/C5H11NOSSi/c1-2-7-9-5-6-3-4-8-5/h2-4,9H2,1H3. The maximum absolute atomic E-state index is 5.30. The Bertz CT molecular complexity index is 118. The molecule has 0 radical (unpaired) electrons. The van der Waals surface area contributed by atoms with E-state index in [-0.39, 0.29) is 0 Å². The smallest absolute Gasteiger partial charge is 0.219 e. The Balaban J connectivity index is 2.11. The molecule has 9 heavy (non-hydrogen) atoms. The number of aliphatic imine (C=N–C) groups is 1. The molecule has 0 saturated heterocycles. The van der Waals surface area contributed by atoms with Crippen LogP contribution in [0.4, 0.5) is 0 Å². The maximum atomic E-state index is 5.30. The normalized spacial score (nSPS) is 19.4. The third kappa shape index (κ3) is 2.51. The van der Waals surface area contributed by atoms with Gasteiger partial charge in [-0.15, -0.1) is 11.8 Å². The Hall–Kier alpha value is 0.197. The summed E-state index contributed by atoms with van der Waals surface area (Å²) in [6, 6.07) is 0. The summed E-state index contributed by atoms with van der Waals surface area (Å²) in [5, 5.41) is 0. The zero-order valence-corrected chi connectivity index (χ0v) is 7.82. The van der Waals surface area contributed by atoms with Gasteiger partial charge >= 0.3 is 0 Å². The Morgan fingerprint density at radius 1 is 1.89 bits per heavy atom. The number of hydrogen-bond acceptors (Lipinski definition) is 3. The highest BCUT2D eigenvalue weighted by Crippen LogP contribution is 2.09. The van der Waals surface area contributed by atoms with Gasteiger partial charge in [0.25, 0.3) is 0 Å². The Morgan fingerprint density at radius 3 is 3.33 bits per heavy atom. The van der Waals surface area contributed by atoms with E-state index in [0.717, 1.165) is 13.2 Å². The van der Waals surface area contributed by atoms with Crippen molar-refractivity contribution >= 4 is 26.2 Å². The van der Waals surface area contributed by atoms with Crippen LogP contribution in [0.5, 0.6) is 0 Å². The van der Waals surface area contributed by atoms with Crippen LogP contribution >= 0.6 is 11.8 Å². The molecule has 4 heteroatoms. The summed E-state index contributed by atoms with van der Waals surface area (Å²) in [7, 11) is -0.399. The van der Waals surface area contributed by atoms with Crippen LogP contribution in [0.15, 0.2) is 4.99 Å². The van der Waals surface area contributed by atoms with Gasteiger partial charge in [0, 0.05) is 18.9 Å². The van der Waals surface area contributed by atoms with E-state index >= 15 is 0 Å². The lowest BCUT2D eigenvalue weighted by molar-refractivity contribution is 0.369. The molecule has 1 aliphatic rings. The van der Waals surface area contributed by atoms with E-state index in [1.807, 2.05) is 18.7 Å². The second kappa shape index (κ2) is 4.08. The van der Waals surface area contributed by atoms with Gasteiger partial charge in [-0.25, -0.2) is 0 Å². The van der Waals surface area contributed by atoms with Crippen LogP contribution < -0.4 is 0 Å². The van der Waals surface area contributed by atoms with Crippen LogP contribution in [-0.4, -0.2) is 33.3 Å². The summed E-state index contributed by atoms with van der Waals surface area (Å²) < 4.78 is 6.61. The third-order valence-electron chi connectivity index (χ3n) is 1.08. The van der Waals surface area contributed by atoms with E-state index in [9.17, 15) is 0 Å². The van der Waals surface area contributed by atoms with Gasteiger partial charge in [0.1, 0.15) is 0 Å². The van der Waals surface area contributed by atoms with Gasteiger partial charge in [-0.1, -0.05) is 0 Å². The highest BCUT2D eigenvalue weighted by molar-refractivity contribution is 8.17. The number of nitrogens with zero attached hydrogens (tertiary/aromatic N) is 1. The van der Waals surface area contributed by atoms with Crippen molar-refractivity contribution in [2.45, 2.75) is 6.92 Å². The molecule has 1 heterocycles. The van der Waals surface area contributed by atoms with Crippen molar-refractivity contribution in [2.24, 2.45) is 4.99 Å². The number of hydrogen-bond donors (Lipinski definition) is 0. The number of thioether (sulfide) groups is 1. The fraction of sp³-hybridized carbons (Fsp3) is 0.800. The van der Waals surface area contributed by atoms with Crippen LogP contribution in [-0.2, 0) is 4.43 Å². The molecule has 1 aliphatic heterocycles. The molecule has 0 aromatic heterocycles. The minimum Gasteiger partial charge on any atom is -0.417 e. The molecule has 0 bridgehead atoms. The molecule has 52 valence electrons. The average molecular weight is 161 g/mol. The van der Waals surface area contributed by atoms with E-state index < -0.39 is 9.76 Å². The molecule has 0 fully saturated rings. The monoisotopic (exact) mass is 161 g/mol.